The van der Waals surface area contributed by atoms with E-state index in [0.717, 1.165) is 41.3 Å². The Morgan fingerprint density at radius 1 is 1.10 bits per heavy atom. The van der Waals surface area contributed by atoms with Crippen LogP contribution in [0.5, 0.6) is 11.5 Å². The van der Waals surface area contributed by atoms with Crippen LogP contribution in [0.1, 0.15) is 44.7 Å². The number of terminal acetylenes is 1. The monoisotopic (exact) mass is 544 g/mol. The molecule has 1 saturated carbocycles. The Morgan fingerprint density at radius 2 is 1.90 bits per heavy atom. The Balaban J connectivity index is 1.69. The maximum atomic E-state index is 14.0. The molecule has 0 aliphatic heterocycles. The molecule has 1 aliphatic carbocycles. The van der Waals surface area contributed by atoms with Crippen molar-refractivity contribution in [3.05, 3.63) is 70.4 Å². The lowest BCUT2D eigenvalue weighted by Gasteiger charge is -2.31. The lowest BCUT2D eigenvalue weighted by atomic mass is 9.91. The highest BCUT2D eigenvalue weighted by Crippen LogP contribution is 2.41. The third-order valence-corrected chi connectivity index (χ3v) is 7.55. The summed E-state index contributed by atoms with van der Waals surface area (Å²) in [6, 6.07) is 15.5. The van der Waals surface area contributed by atoms with Crippen LogP contribution in [-0.2, 0) is 10.5 Å². The lowest BCUT2D eigenvalue weighted by molar-refractivity contribution is 0.244. The van der Waals surface area contributed by atoms with Crippen molar-refractivity contribution in [2.45, 2.75) is 45.3 Å². The molecule has 0 radical (unpaired) electrons. The number of aromatic amines is 1. The molecule has 6 rings (SSSR count). The van der Waals surface area contributed by atoms with Crippen molar-refractivity contribution in [2.24, 2.45) is 0 Å². The molecule has 5 aromatic rings. The Bertz CT molecular complexity index is 2000. The molecule has 0 atom stereocenters. The van der Waals surface area contributed by atoms with Gasteiger partial charge < -0.3 is 18.5 Å². The number of ether oxygens (including phenoxy) is 1. The van der Waals surface area contributed by atoms with Crippen LogP contribution in [-0.4, -0.2) is 24.1 Å². The first-order valence-corrected chi connectivity index (χ1v) is 14.0. The van der Waals surface area contributed by atoms with Crippen LogP contribution in [0.4, 0.5) is 3.89 Å². The van der Waals surface area contributed by atoms with E-state index in [0.29, 0.717) is 33.2 Å². The van der Waals surface area contributed by atoms with Crippen LogP contribution in [0.3, 0.4) is 0 Å². The van der Waals surface area contributed by atoms with Crippen molar-refractivity contribution in [1.82, 2.24) is 9.55 Å². The third-order valence-electron chi connectivity index (χ3n) is 7.16. The number of hydrogen-bond acceptors (Lipinski definition) is 5. The Hall–Kier alpha value is -4.29. The van der Waals surface area contributed by atoms with E-state index in [4.69, 9.17) is 11.2 Å². The largest absolute Gasteiger partial charge is 0.490 e. The Morgan fingerprint density at radius 3 is 2.56 bits per heavy atom. The standard InChI is InChI=1S/C30H25FN2O5S/c1-4-18-11-12-22-25(13-18)32-30-28(22)29(34)24-16-27(37-17(2)3)23(15-26(24)33(30)20-8-6-9-20)19-7-5-10-21(14-19)38-39(31,35)36/h1,5,7,10-17,20,32H,6,8-9H2,2-3H3. The van der Waals surface area contributed by atoms with Crippen molar-refractivity contribution >= 4 is 43.3 Å². The molecule has 2 heterocycles. The number of H-pyrrole nitrogens is 1. The van der Waals surface area contributed by atoms with Gasteiger partial charge in [0.15, 0.2) is 5.43 Å². The van der Waals surface area contributed by atoms with Gasteiger partial charge in [-0.3, -0.25) is 4.79 Å². The predicted molar refractivity (Wildman–Crippen MR) is 150 cm³/mol. The van der Waals surface area contributed by atoms with Gasteiger partial charge >= 0.3 is 10.5 Å². The van der Waals surface area contributed by atoms with Gasteiger partial charge in [0, 0.05) is 28.1 Å². The van der Waals surface area contributed by atoms with E-state index in [9.17, 15) is 17.1 Å². The summed E-state index contributed by atoms with van der Waals surface area (Å²) in [5.74, 6) is 2.93. The summed E-state index contributed by atoms with van der Waals surface area (Å²) in [4.78, 5) is 17.5. The summed E-state index contributed by atoms with van der Waals surface area (Å²) in [5.41, 5.74) is 4.00. The number of benzene rings is 3. The van der Waals surface area contributed by atoms with Gasteiger partial charge in [0.2, 0.25) is 0 Å². The summed E-state index contributed by atoms with van der Waals surface area (Å²) in [6.07, 6.45) is 8.43. The molecule has 2 aromatic heterocycles. The average Bonchev–Trinajstić information content (AvgIpc) is 3.22. The second-order valence-electron chi connectivity index (χ2n) is 10.1. The number of nitrogens with zero attached hydrogens (tertiary/aromatic N) is 1. The van der Waals surface area contributed by atoms with E-state index < -0.39 is 10.5 Å². The maximum absolute atomic E-state index is 14.0. The molecule has 39 heavy (non-hydrogen) atoms. The molecule has 0 bridgehead atoms. The molecule has 198 valence electrons. The Labute approximate surface area is 224 Å². The lowest BCUT2D eigenvalue weighted by Crippen LogP contribution is -2.21. The van der Waals surface area contributed by atoms with E-state index in [-0.39, 0.29) is 23.3 Å². The highest BCUT2D eigenvalue weighted by atomic mass is 32.3. The van der Waals surface area contributed by atoms with Crippen LogP contribution in [0.2, 0.25) is 0 Å². The highest BCUT2D eigenvalue weighted by molar-refractivity contribution is 7.81. The first kappa shape index (κ1) is 25.0. The minimum Gasteiger partial charge on any atom is -0.490 e. The zero-order valence-electron chi connectivity index (χ0n) is 21.3. The van der Waals surface area contributed by atoms with Gasteiger partial charge in [-0.25, -0.2) is 0 Å². The van der Waals surface area contributed by atoms with E-state index in [2.05, 4.69) is 19.7 Å². The molecule has 3 aromatic carbocycles. The SMILES string of the molecule is C#Cc1ccc2c(c1)[nH]c1c2c(=O)c2cc(OC(C)C)c(-c3cccc(OS(=O)(=O)F)c3)cc2n1C1CCC1. The second kappa shape index (κ2) is 9.17. The number of fused-ring (bicyclic) bond motifs is 4. The summed E-state index contributed by atoms with van der Waals surface area (Å²) in [7, 11) is -5.19. The summed E-state index contributed by atoms with van der Waals surface area (Å²) < 4.78 is 48.3. The normalized spacial score (nSPS) is 14.1. The molecule has 1 aliphatic rings. The predicted octanol–water partition coefficient (Wildman–Crippen LogP) is 6.39. The van der Waals surface area contributed by atoms with Gasteiger partial charge in [0.1, 0.15) is 17.1 Å². The molecular formula is C30H25FN2O5S. The van der Waals surface area contributed by atoms with Crippen molar-refractivity contribution in [3.8, 4) is 35.0 Å². The van der Waals surface area contributed by atoms with Crippen molar-refractivity contribution in [2.75, 3.05) is 0 Å². The van der Waals surface area contributed by atoms with Gasteiger partial charge in [-0.1, -0.05) is 28.0 Å². The first-order valence-electron chi connectivity index (χ1n) is 12.7. The van der Waals surface area contributed by atoms with Gasteiger partial charge in [-0.2, -0.15) is 8.42 Å². The minimum atomic E-state index is -5.19. The molecular weight excluding hydrogens is 519 g/mol. The molecule has 0 saturated heterocycles. The Kier molecular flexibility index (Phi) is 5.88. The van der Waals surface area contributed by atoms with Crippen molar-refractivity contribution < 1.29 is 21.2 Å². The van der Waals surface area contributed by atoms with Crippen molar-refractivity contribution in [1.29, 1.82) is 0 Å². The highest BCUT2D eigenvalue weighted by Gasteiger charge is 2.27. The summed E-state index contributed by atoms with van der Waals surface area (Å²) >= 11 is 0. The van der Waals surface area contributed by atoms with Gasteiger partial charge in [0.25, 0.3) is 0 Å². The third kappa shape index (κ3) is 4.41. The van der Waals surface area contributed by atoms with Gasteiger partial charge in [-0.05, 0) is 75.1 Å². The van der Waals surface area contributed by atoms with E-state index >= 15 is 0 Å². The molecule has 7 nitrogen and oxygen atoms in total. The quantitative estimate of drug-likeness (QED) is 0.198. The fourth-order valence-electron chi connectivity index (χ4n) is 5.32. The number of pyridine rings is 1. The summed E-state index contributed by atoms with van der Waals surface area (Å²) in [6.45, 7) is 3.75. The topological polar surface area (TPSA) is 90.4 Å². The first-order chi connectivity index (χ1) is 18.6. The molecule has 0 amide bonds. The molecule has 1 fully saturated rings. The molecule has 0 spiro atoms. The molecule has 1 N–H and O–H groups in total. The number of nitrogens with one attached hydrogen (secondary N) is 1. The van der Waals surface area contributed by atoms with Crippen LogP contribution in [0, 0.1) is 12.3 Å². The second-order valence-corrected chi connectivity index (χ2v) is 11.0. The zero-order valence-corrected chi connectivity index (χ0v) is 22.1. The van der Waals surface area contributed by atoms with Crippen LogP contribution in [0.15, 0.2) is 59.4 Å². The number of halogens is 1. The molecule has 9 heteroatoms. The van der Waals surface area contributed by atoms with Crippen LogP contribution >= 0.6 is 0 Å². The van der Waals surface area contributed by atoms with Crippen molar-refractivity contribution in [3.63, 3.8) is 0 Å². The van der Waals surface area contributed by atoms with Crippen LogP contribution in [0.25, 0.3) is 44.0 Å². The molecule has 0 unspecified atom stereocenters. The number of rotatable bonds is 6. The average molecular weight is 545 g/mol. The fourth-order valence-corrected chi connectivity index (χ4v) is 5.65. The van der Waals surface area contributed by atoms with Crippen LogP contribution < -0.4 is 14.3 Å². The van der Waals surface area contributed by atoms with Gasteiger partial charge in [-0.15, -0.1) is 6.42 Å². The maximum Gasteiger partial charge on any atom is 0.488 e. The fraction of sp³-hybridized carbons (Fsp3) is 0.233. The summed E-state index contributed by atoms with van der Waals surface area (Å²) in [5, 5.41) is 1.91. The minimum absolute atomic E-state index is 0.129. The number of aromatic nitrogens is 2. The van der Waals surface area contributed by atoms with E-state index in [1.807, 2.05) is 38.1 Å². The zero-order chi connectivity index (χ0) is 27.5. The van der Waals surface area contributed by atoms with E-state index in [1.165, 1.54) is 12.1 Å². The number of hydrogen-bond donors (Lipinski definition) is 1. The smallest absolute Gasteiger partial charge is 0.488 e. The van der Waals surface area contributed by atoms with Gasteiger partial charge in [0.05, 0.1) is 22.4 Å². The van der Waals surface area contributed by atoms with E-state index in [1.54, 1.807) is 18.2 Å².